The Morgan fingerprint density at radius 3 is 2.62 bits per heavy atom. The molecule has 7 nitrogen and oxygen atoms in total. The van der Waals surface area contributed by atoms with E-state index < -0.39 is 0 Å². The molecule has 3 rings (SSSR count). The molecular formula is C19H27N5O2. The Hall–Kier alpha value is -2.57. The molecule has 1 aromatic carbocycles. The van der Waals surface area contributed by atoms with Gasteiger partial charge in [0.15, 0.2) is 0 Å². The lowest BCUT2D eigenvalue weighted by molar-refractivity contribution is 0.190. The van der Waals surface area contributed by atoms with E-state index in [0.717, 1.165) is 29.9 Å². The Morgan fingerprint density at radius 2 is 1.96 bits per heavy atom. The summed E-state index contributed by atoms with van der Waals surface area (Å²) < 4.78 is 3.13. The predicted octanol–water partition coefficient (Wildman–Crippen LogP) is 2.88. The van der Waals surface area contributed by atoms with Crippen LogP contribution in [0, 0.1) is 6.92 Å². The van der Waals surface area contributed by atoms with Crippen molar-refractivity contribution >= 4 is 11.7 Å². The summed E-state index contributed by atoms with van der Waals surface area (Å²) in [5, 5.41) is 7.41. The highest BCUT2D eigenvalue weighted by molar-refractivity contribution is 5.89. The molecule has 0 radical (unpaired) electrons. The molecule has 7 heteroatoms. The van der Waals surface area contributed by atoms with Crippen LogP contribution in [-0.4, -0.2) is 38.4 Å². The molecule has 0 aliphatic carbocycles. The van der Waals surface area contributed by atoms with Crippen LogP contribution in [0.4, 0.5) is 10.5 Å². The number of likely N-dealkylation sites (tertiary alicyclic amines) is 1. The molecule has 2 amide bonds. The van der Waals surface area contributed by atoms with Crippen LogP contribution in [0.5, 0.6) is 0 Å². The van der Waals surface area contributed by atoms with Crippen LogP contribution in [-0.2, 0) is 7.05 Å². The smallest absolute Gasteiger partial charge is 0.324 e. The average molecular weight is 357 g/mol. The minimum Gasteiger partial charge on any atom is -0.324 e. The molecular weight excluding hydrogens is 330 g/mol. The number of carbonyl (C=O) groups is 1. The molecule has 1 saturated heterocycles. The first kappa shape index (κ1) is 18.2. The van der Waals surface area contributed by atoms with Gasteiger partial charge in [0, 0.05) is 37.8 Å². The Balaban J connectivity index is 1.75. The third-order valence-corrected chi connectivity index (χ3v) is 4.88. The topological polar surface area (TPSA) is 72.2 Å². The maximum Gasteiger partial charge on any atom is 0.345 e. The van der Waals surface area contributed by atoms with Gasteiger partial charge in [-0.1, -0.05) is 17.7 Å². The molecule has 1 fully saturated rings. The van der Waals surface area contributed by atoms with E-state index in [4.69, 9.17) is 0 Å². The number of benzene rings is 1. The summed E-state index contributed by atoms with van der Waals surface area (Å²) in [6, 6.07) is 7.71. The quantitative estimate of drug-likeness (QED) is 0.918. The Labute approximate surface area is 153 Å². The van der Waals surface area contributed by atoms with Crippen molar-refractivity contribution in [3.63, 3.8) is 0 Å². The van der Waals surface area contributed by atoms with E-state index in [1.165, 1.54) is 4.68 Å². The number of urea groups is 1. The van der Waals surface area contributed by atoms with Crippen molar-refractivity contribution in [3.8, 4) is 0 Å². The number of amides is 2. The summed E-state index contributed by atoms with van der Waals surface area (Å²) in [7, 11) is 1.68. The van der Waals surface area contributed by atoms with E-state index in [1.54, 1.807) is 11.6 Å². The van der Waals surface area contributed by atoms with Gasteiger partial charge in [-0.3, -0.25) is 4.57 Å². The molecule has 2 heterocycles. The second-order valence-electron chi connectivity index (χ2n) is 7.31. The van der Waals surface area contributed by atoms with Gasteiger partial charge in [0.05, 0.1) is 0 Å². The number of carbonyl (C=O) groups excluding carboxylic acids is 1. The highest BCUT2D eigenvalue weighted by Crippen LogP contribution is 2.27. The van der Waals surface area contributed by atoms with Crippen molar-refractivity contribution in [1.82, 2.24) is 19.2 Å². The summed E-state index contributed by atoms with van der Waals surface area (Å²) >= 11 is 0. The van der Waals surface area contributed by atoms with Crippen LogP contribution in [0.1, 0.15) is 50.0 Å². The number of rotatable bonds is 3. The third kappa shape index (κ3) is 3.66. The van der Waals surface area contributed by atoms with Gasteiger partial charge in [0.25, 0.3) is 0 Å². The SMILES string of the molecule is Cc1ccc(NC(=O)N2CCCC(c3nn(C)c(=O)n3C(C)C)C2)cc1. The number of piperidine rings is 1. The Morgan fingerprint density at radius 1 is 1.27 bits per heavy atom. The van der Waals surface area contributed by atoms with Crippen molar-refractivity contribution in [2.24, 2.45) is 7.05 Å². The standard InChI is InChI=1S/C19H27N5O2/c1-13(2)24-17(21-22(4)19(24)26)15-6-5-11-23(12-15)18(25)20-16-9-7-14(3)8-10-16/h7-10,13,15H,5-6,11-12H2,1-4H3,(H,20,25). The highest BCUT2D eigenvalue weighted by Gasteiger charge is 2.29. The predicted molar refractivity (Wildman–Crippen MR) is 102 cm³/mol. The van der Waals surface area contributed by atoms with Gasteiger partial charge >= 0.3 is 11.7 Å². The van der Waals surface area contributed by atoms with Crippen molar-refractivity contribution < 1.29 is 4.79 Å². The first-order chi connectivity index (χ1) is 12.4. The molecule has 0 spiro atoms. The molecule has 0 saturated carbocycles. The average Bonchev–Trinajstić information content (AvgIpc) is 2.92. The summed E-state index contributed by atoms with van der Waals surface area (Å²) in [6.07, 6.45) is 1.83. The first-order valence-corrected chi connectivity index (χ1v) is 9.15. The molecule has 1 unspecified atom stereocenters. The highest BCUT2D eigenvalue weighted by atomic mass is 16.2. The molecule has 1 aliphatic heterocycles. The second-order valence-corrected chi connectivity index (χ2v) is 7.31. The molecule has 0 bridgehead atoms. The summed E-state index contributed by atoms with van der Waals surface area (Å²) in [6.45, 7) is 7.27. The van der Waals surface area contributed by atoms with Crippen molar-refractivity contribution in [2.45, 2.75) is 45.6 Å². The van der Waals surface area contributed by atoms with E-state index in [1.807, 2.05) is 49.9 Å². The third-order valence-electron chi connectivity index (χ3n) is 4.88. The van der Waals surface area contributed by atoms with Crippen LogP contribution in [0.2, 0.25) is 0 Å². The number of nitrogens with one attached hydrogen (secondary N) is 1. The van der Waals surface area contributed by atoms with E-state index in [2.05, 4.69) is 10.4 Å². The van der Waals surface area contributed by atoms with Gasteiger partial charge in [-0.2, -0.15) is 5.10 Å². The lowest BCUT2D eigenvalue weighted by atomic mass is 9.97. The zero-order valence-corrected chi connectivity index (χ0v) is 15.9. The number of anilines is 1. The Kier molecular flexibility index (Phi) is 5.15. The fourth-order valence-corrected chi connectivity index (χ4v) is 3.47. The number of aryl methyl sites for hydroxylation is 2. The molecule has 140 valence electrons. The van der Waals surface area contributed by atoms with Crippen molar-refractivity contribution in [3.05, 3.63) is 46.1 Å². The summed E-state index contributed by atoms with van der Waals surface area (Å²) in [5.74, 6) is 0.851. The summed E-state index contributed by atoms with van der Waals surface area (Å²) in [5.41, 5.74) is 1.85. The minimum atomic E-state index is -0.104. The lowest BCUT2D eigenvalue weighted by Gasteiger charge is -2.32. The Bertz CT molecular complexity index is 835. The maximum absolute atomic E-state index is 12.6. The van der Waals surface area contributed by atoms with Crippen LogP contribution >= 0.6 is 0 Å². The number of hydrogen-bond acceptors (Lipinski definition) is 3. The van der Waals surface area contributed by atoms with E-state index in [9.17, 15) is 9.59 Å². The maximum atomic E-state index is 12.6. The van der Waals surface area contributed by atoms with E-state index in [0.29, 0.717) is 13.1 Å². The van der Waals surface area contributed by atoms with Crippen molar-refractivity contribution in [1.29, 1.82) is 0 Å². The van der Waals surface area contributed by atoms with Gasteiger partial charge in [-0.15, -0.1) is 0 Å². The van der Waals surface area contributed by atoms with Gasteiger partial charge in [-0.05, 0) is 45.7 Å². The molecule has 26 heavy (non-hydrogen) atoms. The number of hydrogen-bond donors (Lipinski definition) is 1. The molecule has 1 atom stereocenters. The molecule has 2 aromatic rings. The van der Waals surface area contributed by atoms with E-state index in [-0.39, 0.29) is 23.7 Å². The second kappa shape index (κ2) is 7.35. The molecule has 1 N–H and O–H groups in total. The molecule has 1 aliphatic rings. The zero-order valence-electron chi connectivity index (χ0n) is 15.9. The zero-order chi connectivity index (χ0) is 18.8. The fourth-order valence-electron chi connectivity index (χ4n) is 3.47. The van der Waals surface area contributed by atoms with Crippen LogP contribution in [0.3, 0.4) is 0 Å². The summed E-state index contributed by atoms with van der Waals surface area (Å²) in [4.78, 5) is 26.8. The lowest BCUT2D eigenvalue weighted by Crippen LogP contribution is -2.42. The largest absolute Gasteiger partial charge is 0.345 e. The molecule has 1 aromatic heterocycles. The van der Waals surface area contributed by atoms with Gasteiger partial charge in [0.1, 0.15) is 5.82 Å². The fraction of sp³-hybridized carbons (Fsp3) is 0.526. The normalized spacial score (nSPS) is 17.6. The van der Waals surface area contributed by atoms with Crippen molar-refractivity contribution in [2.75, 3.05) is 18.4 Å². The van der Waals surface area contributed by atoms with Gasteiger partial charge < -0.3 is 10.2 Å². The van der Waals surface area contributed by atoms with Gasteiger partial charge in [-0.25, -0.2) is 14.3 Å². The van der Waals surface area contributed by atoms with E-state index >= 15 is 0 Å². The van der Waals surface area contributed by atoms with Crippen LogP contribution < -0.4 is 11.0 Å². The number of nitrogens with zero attached hydrogens (tertiary/aromatic N) is 4. The number of aromatic nitrogens is 3. The van der Waals surface area contributed by atoms with Crippen LogP contribution in [0.25, 0.3) is 0 Å². The first-order valence-electron chi connectivity index (χ1n) is 9.15. The van der Waals surface area contributed by atoms with Crippen LogP contribution in [0.15, 0.2) is 29.1 Å². The van der Waals surface area contributed by atoms with Gasteiger partial charge in [0.2, 0.25) is 0 Å². The monoisotopic (exact) mass is 357 g/mol. The minimum absolute atomic E-state index is 0.0444.